The fourth-order valence-corrected chi connectivity index (χ4v) is 5.10. The molecule has 1 aromatic carbocycles. The van der Waals surface area contributed by atoms with Crippen molar-refractivity contribution in [2.24, 2.45) is 0 Å². The highest BCUT2D eigenvalue weighted by atomic mass is 16.2. The Morgan fingerprint density at radius 1 is 1.21 bits per heavy atom. The minimum absolute atomic E-state index is 0.104. The van der Waals surface area contributed by atoms with Crippen molar-refractivity contribution in [3.63, 3.8) is 0 Å². The molecule has 2 fully saturated rings. The van der Waals surface area contributed by atoms with E-state index < -0.39 is 0 Å². The number of pyridine rings is 1. The number of para-hydroxylation sites is 1. The van der Waals surface area contributed by atoms with Crippen molar-refractivity contribution in [3.8, 4) is 0 Å². The molecular formula is C23H31N3O2. The zero-order chi connectivity index (χ0) is 19.7. The molecule has 2 aliphatic rings. The quantitative estimate of drug-likeness (QED) is 0.857. The first-order valence-corrected chi connectivity index (χ1v) is 10.7. The van der Waals surface area contributed by atoms with Crippen LogP contribution in [0.2, 0.25) is 0 Å². The number of carbonyl (C=O) groups excluding carboxylic acids is 1. The summed E-state index contributed by atoms with van der Waals surface area (Å²) < 4.78 is 0. The minimum atomic E-state index is -0.158. The van der Waals surface area contributed by atoms with Crippen LogP contribution in [0.3, 0.4) is 0 Å². The summed E-state index contributed by atoms with van der Waals surface area (Å²) in [6, 6.07) is 8.76. The Hall–Kier alpha value is -2.14. The van der Waals surface area contributed by atoms with Gasteiger partial charge in [-0.2, -0.15) is 0 Å². The molecule has 28 heavy (non-hydrogen) atoms. The number of carbonyl (C=O) groups is 1. The summed E-state index contributed by atoms with van der Waals surface area (Å²) in [6.45, 7) is 2.88. The molecule has 1 N–H and O–H groups in total. The lowest BCUT2D eigenvalue weighted by Gasteiger charge is -2.49. The van der Waals surface area contributed by atoms with Gasteiger partial charge in [0.25, 0.3) is 5.91 Å². The Bertz CT molecular complexity index is 892. The number of H-pyrrole nitrogens is 1. The fourth-order valence-electron chi connectivity index (χ4n) is 5.10. The van der Waals surface area contributed by atoms with Gasteiger partial charge in [0.05, 0.1) is 0 Å². The topological polar surface area (TPSA) is 56.4 Å². The molecule has 0 aliphatic carbocycles. The predicted molar refractivity (Wildman–Crippen MR) is 113 cm³/mol. The van der Waals surface area contributed by atoms with Crippen LogP contribution < -0.4 is 5.43 Å². The molecule has 5 nitrogen and oxygen atoms in total. The highest BCUT2D eigenvalue weighted by molar-refractivity contribution is 5.97. The van der Waals surface area contributed by atoms with Crippen LogP contribution in [-0.4, -0.2) is 52.4 Å². The number of hydrogen-bond donors (Lipinski definition) is 1. The van der Waals surface area contributed by atoms with Gasteiger partial charge in [0.1, 0.15) is 5.56 Å². The summed E-state index contributed by atoms with van der Waals surface area (Å²) in [6.07, 6.45) is 9.39. The normalized spacial score (nSPS) is 25.0. The molecule has 2 unspecified atom stereocenters. The van der Waals surface area contributed by atoms with E-state index in [9.17, 15) is 9.59 Å². The van der Waals surface area contributed by atoms with E-state index in [1.54, 1.807) is 12.3 Å². The fraction of sp³-hybridized carbons (Fsp3) is 0.565. The van der Waals surface area contributed by atoms with Gasteiger partial charge in [-0.15, -0.1) is 0 Å². The maximum absolute atomic E-state index is 13.5. The van der Waals surface area contributed by atoms with E-state index in [0.29, 0.717) is 17.5 Å². The van der Waals surface area contributed by atoms with Gasteiger partial charge in [-0.3, -0.25) is 9.59 Å². The highest BCUT2D eigenvalue weighted by Crippen LogP contribution is 2.35. The van der Waals surface area contributed by atoms with Crippen molar-refractivity contribution >= 4 is 16.8 Å². The van der Waals surface area contributed by atoms with Gasteiger partial charge in [0.15, 0.2) is 0 Å². The molecule has 2 aromatic rings. The number of aromatic nitrogens is 1. The summed E-state index contributed by atoms with van der Waals surface area (Å²) in [5, 5.41) is 0.587. The van der Waals surface area contributed by atoms with Crippen LogP contribution in [-0.2, 0) is 0 Å². The van der Waals surface area contributed by atoms with Gasteiger partial charge in [-0.1, -0.05) is 31.9 Å². The smallest absolute Gasteiger partial charge is 0.259 e. The standard InChI is InChI=1S/C23H31N3O2/c1-3-4-12-26(18-13-16-8-7-9-17(14-18)25(16)2)23(28)20-15-24-21-11-6-5-10-19(21)22(20)27/h5-6,10-11,15-18H,3-4,7-9,12-14H2,1-2H3,(H,24,27). The molecule has 1 amide bonds. The van der Waals surface area contributed by atoms with E-state index in [0.717, 1.165) is 37.7 Å². The van der Waals surface area contributed by atoms with Crippen molar-refractivity contribution in [2.75, 3.05) is 13.6 Å². The largest absolute Gasteiger partial charge is 0.360 e. The Balaban J connectivity index is 1.65. The van der Waals surface area contributed by atoms with Crippen LogP contribution in [0.5, 0.6) is 0 Å². The number of piperidine rings is 2. The Kier molecular flexibility index (Phi) is 5.54. The molecule has 4 rings (SSSR count). The molecule has 0 saturated carbocycles. The molecule has 2 bridgehead atoms. The predicted octanol–water partition coefficient (Wildman–Crippen LogP) is 3.79. The average molecular weight is 382 g/mol. The maximum atomic E-state index is 13.5. The lowest BCUT2D eigenvalue weighted by atomic mass is 9.81. The summed E-state index contributed by atoms with van der Waals surface area (Å²) in [5.74, 6) is -0.104. The molecule has 0 radical (unpaired) electrons. The van der Waals surface area contributed by atoms with E-state index in [2.05, 4.69) is 23.9 Å². The SMILES string of the molecule is CCCCN(C(=O)c1c[nH]c2ccccc2c1=O)C1CC2CCCC(C1)N2C. The van der Waals surface area contributed by atoms with Gasteiger partial charge in [-0.05, 0) is 51.3 Å². The number of nitrogens with zero attached hydrogens (tertiary/aromatic N) is 2. The number of unbranched alkanes of at least 4 members (excludes halogenated alkanes) is 1. The summed E-state index contributed by atoms with van der Waals surface area (Å²) in [4.78, 5) is 34.2. The molecule has 1 aromatic heterocycles. The van der Waals surface area contributed by atoms with E-state index in [4.69, 9.17) is 0 Å². The summed E-state index contributed by atoms with van der Waals surface area (Å²) in [7, 11) is 2.23. The number of rotatable bonds is 5. The van der Waals surface area contributed by atoms with Crippen molar-refractivity contribution in [2.45, 2.75) is 70.0 Å². The summed E-state index contributed by atoms with van der Waals surface area (Å²) >= 11 is 0. The third-order valence-corrected chi connectivity index (χ3v) is 6.79. The number of hydrogen-bond acceptors (Lipinski definition) is 3. The molecule has 2 atom stereocenters. The van der Waals surface area contributed by atoms with E-state index in [-0.39, 0.29) is 22.9 Å². The lowest BCUT2D eigenvalue weighted by Crippen LogP contribution is -2.56. The monoisotopic (exact) mass is 381 g/mol. The van der Waals surface area contributed by atoms with Crippen LogP contribution in [0.25, 0.3) is 10.9 Å². The first-order valence-electron chi connectivity index (χ1n) is 10.7. The Labute approximate surface area is 166 Å². The van der Waals surface area contributed by atoms with Gasteiger partial charge >= 0.3 is 0 Å². The Morgan fingerprint density at radius 2 is 1.93 bits per heavy atom. The molecule has 5 heteroatoms. The van der Waals surface area contributed by atoms with Crippen LogP contribution in [0.4, 0.5) is 0 Å². The second-order valence-corrected chi connectivity index (χ2v) is 8.46. The zero-order valence-electron chi connectivity index (χ0n) is 17.0. The van der Waals surface area contributed by atoms with Gasteiger partial charge in [0.2, 0.25) is 5.43 Å². The first kappa shape index (κ1) is 19.2. The first-order chi connectivity index (χ1) is 13.6. The summed E-state index contributed by atoms with van der Waals surface area (Å²) in [5.41, 5.74) is 0.894. The van der Waals surface area contributed by atoms with Gasteiger partial charge < -0.3 is 14.8 Å². The molecule has 2 aliphatic heterocycles. The van der Waals surface area contributed by atoms with Gasteiger partial charge in [-0.25, -0.2) is 0 Å². The van der Waals surface area contributed by atoms with Gasteiger partial charge in [0, 0.05) is 41.8 Å². The maximum Gasteiger partial charge on any atom is 0.259 e. The number of amides is 1. The lowest BCUT2D eigenvalue weighted by molar-refractivity contribution is 0.00969. The van der Waals surface area contributed by atoms with E-state index in [1.165, 1.54) is 19.3 Å². The van der Waals surface area contributed by atoms with Crippen LogP contribution >= 0.6 is 0 Å². The second-order valence-electron chi connectivity index (χ2n) is 8.46. The van der Waals surface area contributed by atoms with Crippen molar-refractivity contribution in [1.29, 1.82) is 0 Å². The van der Waals surface area contributed by atoms with E-state index >= 15 is 0 Å². The molecule has 0 spiro atoms. The second kappa shape index (κ2) is 8.08. The average Bonchev–Trinajstić information content (AvgIpc) is 2.69. The molecule has 2 saturated heterocycles. The number of nitrogens with one attached hydrogen (secondary N) is 1. The number of benzene rings is 1. The zero-order valence-corrected chi connectivity index (χ0v) is 17.0. The number of fused-ring (bicyclic) bond motifs is 3. The third kappa shape index (κ3) is 3.48. The van der Waals surface area contributed by atoms with Crippen molar-refractivity contribution in [3.05, 3.63) is 46.2 Å². The van der Waals surface area contributed by atoms with E-state index in [1.807, 2.05) is 23.1 Å². The van der Waals surface area contributed by atoms with Crippen molar-refractivity contribution < 1.29 is 4.79 Å². The Morgan fingerprint density at radius 3 is 2.64 bits per heavy atom. The van der Waals surface area contributed by atoms with Crippen LogP contribution in [0.1, 0.15) is 62.2 Å². The van der Waals surface area contributed by atoms with Crippen LogP contribution in [0, 0.1) is 0 Å². The molecule has 150 valence electrons. The van der Waals surface area contributed by atoms with Crippen molar-refractivity contribution in [1.82, 2.24) is 14.8 Å². The third-order valence-electron chi connectivity index (χ3n) is 6.79. The molecular weight excluding hydrogens is 350 g/mol. The molecule has 3 heterocycles. The minimum Gasteiger partial charge on any atom is -0.360 e. The highest BCUT2D eigenvalue weighted by Gasteiger charge is 2.39. The van der Waals surface area contributed by atoms with Crippen LogP contribution in [0.15, 0.2) is 35.3 Å². The number of aromatic amines is 1.